The minimum absolute atomic E-state index is 0.0346. The second kappa shape index (κ2) is 7.84. The van der Waals surface area contributed by atoms with Crippen molar-refractivity contribution in [2.24, 2.45) is 0 Å². The number of amides is 1. The Morgan fingerprint density at radius 3 is 2.62 bits per heavy atom. The van der Waals surface area contributed by atoms with Crippen LogP contribution in [0.1, 0.15) is 4.88 Å². The number of thiophene rings is 1. The van der Waals surface area contributed by atoms with Crippen molar-refractivity contribution in [1.82, 2.24) is 0 Å². The van der Waals surface area contributed by atoms with Crippen LogP contribution in [0.4, 0.5) is 5.69 Å². The fraction of sp³-hybridized carbons (Fsp3) is 0.389. The molecular weight excluding hydrogens is 374 g/mol. The quantitative estimate of drug-likeness (QED) is 0.670. The number of quaternary nitrogens is 2. The Morgan fingerprint density at radius 1 is 1.08 bits per heavy atom. The van der Waals surface area contributed by atoms with E-state index < -0.39 is 0 Å². The average Bonchev–Trinajstić information content (AvgIpc) is 3.25. The number of hydrogen-bond acceptors (Lipinski definition) is 4. The van der Waals surface area contributed by atoms with E-state index in [-0.39, 0.29) is 12.7 Å². The first-order chi connectivity index (χ1) is 12.7. The van der Waals surface area contributed by atoms with E-state index in [1.807, 2.05) is 24.3 Å². The molecule has 0 aliphatic carbocycles. The van der Waals surface area contributed by atoms with Gasteiger partial charge >= 0.3 is 0 Å². The molecule has 0 bridgehead atoms. The summed E-state index contributed by atoms with van der Waals surface area (Å²) >= 11 is 7.66. The lowest BCUT2D eigenvalue weighted by Gasteiger charge is -2.29. The van der Waals surface area contributed by atoms with Gasteiger partial charge in [0.1, 0.15) is 32.7 Å². The summed E-state index contributed by atoms with van der Waals surface area (Å²) in [6.45, 7) is 5.90. The van der Waals surface area contributed by atoms with Gasteiger partial charge in [-0.2, -0.15) is 0 Å². The van der Waals surface area contributed by atoms with Gasteiger partial charge in [0.15, 0.2) is 18.0 Å². The summed E-state index contributed by atoms with van der Waals surface area (Å²) < 4.78 is 11.5. The largest absolute Gasteiger partial charge is 0.454 e. The van der Waals surface area contributed by atoms with Crippen molar-refractivity contribution in [1.29, 1.82) is 0 Å². The zero-order valence-corrected chi connectivity index (χ0v) is 15.9. The zero-order chi connectivity index (χ0) is 17.9. The number of ether oxygens (including phenoxy) is 2. The molecule has 1 fully saturated rings. The molecule has 2 aliphatic heterocycles. The molecule has 3 heterocycles. The molecule has 2 aliphatic rings. The smallest absolute Gasteiger partial charge is 0.279 e. The molecule has 3 N–H and O–H groups in total. The molecule has 26 heavy (non-hydrogen) atoms. The van der Waals surface area contributed by atoms with E-state index in [0.29, 0.717) is 12.3 Å². The third kappa shape index (κ3) is 4.29. The lowest BCUT2D eigenvalue weighted by molar-refractivity contribution is -1.01. The first-order valence-corrected chi connectivity index (χ1v) is 9.96. The van der Waals surface area contributed by atoms with E-state index >= 15 is 0 Å². The Balaban J connectivity index is 1.23. The predicted molar refractivity (Wildman–Crippen MR) is 100 cm³/mol. The summed E-state index contributed by atoms with van der Waals surface area (Å²) in [5.41, 5.74) is 0.748. The van der Waals surface area contributed by atoms with Crippen molar-refractivity contribution >= 4 is 34.5 Å². The third-order valence-electron chi connectivity index (χ3n) is 4.78. The Bertz CT molecular complexity index is 790. The van der Waals surface area contributed by atoms with Crippen molar-refractivity contribution in [3.8, 4) is 11.5 Å². The Kier molecular flexibility index (Phi) is 5.31. The summed E-state index contributed by atoms with van der Waals surface area (Å²) in [5, 5.41) is 2.96. The fourth-order valence-electron chi connectivity index (χ4n) is 3.41. The fourth-order valence-corrected chi connectivity index (χ4v) is 4.57. The summed E-state index contributed by atoms with van der Waals surface area (Å²) in [6.07, 6.45) is 0. The van der Waals surface area contributed by atoms with E-state index in [4.69, 9.17) is 21.1 Å². The van der Waals surface area contributed by atoms with E-state index in [2.05, 4.69) is 11.4 Å². The molecule has 2 aromatic rings. The molecule has 138 valence electrons. The van der Waals surface area contributed by atoms with Crippen molar-refractivity contribution in [3.63, 3.8) is 0 Å². The van der Waals surface area contributed by atoms with Crippen molar-refractivity contribution in [3.05, 3.63) is 39.5 Å². The van der Waals surface area contributed by atoms with Crippen LogP contribution in [0.25, 0.3) is 0 Å². The molecule has 0 atom stereocenters. The number of piperazine rings is 1. The molecule has 1 aromatic carbocycles. The number of rotatable bonds is 5. The number of benzene rings is 1. The molecular formula is C18H22ClN3O3S+2. The van der Waals surface area contributed by atoms with E-state index in [1.165, 1.54) is 9.78 Å². The molecule has 8 heteroatoms. The van der Waals surface area contributed by atoms with Crippen LogP contribution in [0.15, 0.2) is 30.3 Å². The van der Waals surface area contributed by atoms with Crippen LogP contribution < -0.4 is 24.6 Å². The molecule has 0 saturated carbocycles. The summed E-state index contributed by atoms with van der Waals surface area (Å²) in [7, 11) is 0. The highest BCUT2D eigenvalue weighted by Gasteiger charge is 2.25. The van der Waals surface area contributed by atoms with Gasteiger partial charge in [-0.15, -0.1) is 11.3 Å². The highest BCUT2D eigenvalue weighted by molar-refractivity contribution is 7.16. The normalized spacial score (nSPS) is 21.6. The second-order valence-corrected chi connectivity index (χ2v) is 8.48. The van der Waals surface area contributed by atoms with Crippen LogP contribution >= 0.6 is 22.9 Å². The van der Waals surface area contributed by atoms with Crippen LogP contribution in [-0.2, 0) is 11.3 Å². The molecule has 0 spiro atoms. The topological polar surface area (TPSA) is 56.4 Å². The average molecular weight is 396 g/mol. The number of hydrogen-bond donors (Lipinski definition) is 3. The van der Waals surface area contributed by atoms with Gasteiger partial charge < -0.3 is 24.6 Å². The van der Waals surface area contributed by atoms with Gasteiger partial charge in [-0.25, -0.2) is 0 Å². The lowest BCUT2D eigenvalue weighted by Crippen LogP contribution is -3.28. The molecule has 6 nitrogen and oxygen atoms in total. The maximum atomic E-state index is 12.3. The molecule has 1 amide bonds. The van der Waals surface area contributed by atoms with Crippen LogP contribution in [-0.4, -0.2) is 45.4 Å². The van der Waals surface area contributed by atoms with Crippen molar-refractivity contribution in [2.75, 3.05) is 44.8 Å². The highest BCUT2D eigenvalue weighted by Crippen LogP contribution is 2.34. The van der Waals surface area contributed by atoms with E-state index in [9.17, 15) is 4.79 Å². The first-order valence-electron chi connectivity index (χ1n) is 8.76. The van der Waals surface area contributed by atoms with Crippen molar-refractivity contribution < 1.29 is 24.1 Å². The van der Waals surface area contributed by atoms with Crippen LogP contribution in [0, 0.1) is 0 Å². The maximum Gasteiger partial charge on any atom is 0.279 e. The molecule has 0 radical (unpaired) electrons. The predicted octanol–water partition coefficient (Wildman–Crippen LogP) is 0.0523. The van der Waals surface area contributed by atoms with Gasteiger partial charge in [-0.1, -0.05) is 11.6 Å². The monoisotopic (exact) mass is 395 g/mol. The lowest BCUT2D eigenvalue weighted by atomic mass is 10.2. The maximum absolute atomic E-state index is 12.3. The SMILES string of the molecule is O=C(C[NH+]1CC[NH+](Cc2ccc(Cl)s2)CC1)Nc1ccc2c(c1)OCO2. The molecule has 1 saturated heterocycles. The van der Waals surface area contributed by atoms with E-state index in [1.54, 1.807) is 16.2 Å². The number of fused-ring (bicyclic) bond motifs is 1. The number of anilines is 1. The van der Waals surface area contributed by atoms with Gasteiger partial charge in [-0.3, -0.25) is 4.79 Å². The Labute approximate surface area is 161 Å². The minimum atomic E-state index is 0.0346. The number of halogens is 1. The second-order valence-electron chi connectivity index (χ2n) is 6.68. The van der Waals surface area contributed by atoms with Gasteiger partial charge in [-0.05, 0) is 24.3 Å². The van der Waals surface area contributed by atoms with Gasteiger partial charge in [0.05, 0.1) is 9.21 Å². The van der Waals surface area contributed by atoms with Crippen LogP contribution in [0.2, 0.25) is 4.34 Å². The van der Waals surface area contributed by atoms with Crippen molar-refractivity contribution in [2.45, 2.75) is 6.54 Å². The van der Waals surface area contributed by atoms with Gasteiger partial charge in [0.2, 0.25) is 6.79 Å². The minimum Gasteiger partial charge on any atom is -0.454 e. The Morgan fingerprint density at radius 2 is 1.85 bits per heavy atom. The molecule has 1 aromatic heterocycles. The van der Waals surface area contributed by atoms with E-state index in [0.717, 1.165) is 48.5 Å². The van der Waals surface area contributed by atoms with Crippen LogP contribution in [0.5, 0.6) is 11.5 Å². The number of carbonyl (C=O) groups is 1. The van der Waals surface area contributed by atoms with Gasteiger partial charge in [0.25, 0.3) is 5.91 Å². The Hall–Kier alpha value is -1.80. The van der Waals surface area contributed by atoms with Gasteiger partial charge in [0, 0.05) is 11.8 Å². The number of nitrogens with one attached hydrogen (secondary N) is 3. The standard InChI is InChI=1S/C18H20ClN3O3S/c19-17-4-2-14(26-17)10-21-5-7-22(8-6-21)11-18(23)20-13-1-3-15-16(9-13)25-12-24-15/h1-4,9H,5-8,10-12H2,(H,20,23)/p+2. The highest BCUT2D eigenvalue weighted by atomic mass is 35.5. The van der Waals surface area contributed by atoms with Crippen LogP contribution in [0.3, 0.4) is 0 Å². The summed E-state index contributed by atoms with van der Waals surface area (Å²) in [6, 6.07) is 9.55. The summed E-state index contributed by atoms with van der Waals surface area (Å²) in [4.78, 5) is 16.5. The molecule has 4 rings (SSSR count). The third-order valence-corrected chi connectivity index (χ3v) is 6.02. The first kappa shape index (κ1) is 17.6. The zero-order valence-electron chi connectivity index (χ0n) is 14.3. The molecule has 0 unspecified atom stereocenters. The number of carbonyl (C=O) groups excluding carboxylic acids is 1. The summed E-state index contributed by atoms with van der Waals surface area (Å²) in [5.74, 6) is 1.44.